The molecule has 106 valence electrons. The van der Waals surface area contributed by atoms with Crippen molar-refractivity contribution in [2.24, 2.45) is 11.7 Å². The summed E-state index contributed by atoms with van der Waals surface area (Å²) in [5.41, 5.74) is 6.25. The smallest absolute Gasteiger partial charge is 0.224 e. The Bertz CT molecular complexity index is 430. The molecule has 1 rings (SSSR count). The number of benzene rings is 1. The highest BCUT2D eigenvalue weighted by Gasteiger charge is 2.24. The molecule has 1 amide bonds. The predicted molar refractivity (Wildman–Crippen MR) is 77.1 cm³/mol. The second-order valence-electron chi connectivity index (χ2n) is 5.50. The molecule has 0 saturated heterocycles. The third-order valence-electron chi connectivity index (χ3n) is 3.09. The van der Waals surface area contributed by atoms with E-state index in [1.54, 1.807) is 7.11 Å². The molecule has 1 aromatic rings. The number of carbonyl (C=O) groups excluding carboxylic acids is 1. The van der Waals surface area contributed by atoms with E-state index in [1.165, 1.54) is 0 Å². The highest BCUT2D eigenvalue weighted by molar-refractivity contribution is 5.79. The monoisotopic (exact) mass is 264 g/mol. The average molecular weight is 264 g/mol. The summed E-state index contributed by atoms with van der Waals surface area (Å²) < 4.78 is 5.33. The zero-order valence-electron chi connectivity index (χ0n) is 12.2. The van der Waals surface area contributed by atoms with E-state index in [9.17, 15) is 4.79 Å². The first kappa shape index (κ1) is 15.5. The molecule has 0 radical (unpaired) electrons. The molecule has 0 aliphatic heterocycles. The van der Waals surface area contributed by atoms with Crippen molar-refractivity contribution >= 4 is 5.91 Å². The van der Waals surface area contributed by atoms with Crippen LogP contribution in [0.2, 0.25) is 0 Å². The largest absolute Gasteiger partial charge is 0.496 e. The van der Waals surface area contributed by atoms with E-state index in [-0.39, 0.29) is 17.4 Å². The number of nitrogens with two attached hydrogens (primary N) is 1. The maximum absolute atomic E-state index is 11.9. The second-order valence-corrected chi connectivity index (χ2v) is 5.50. The molecular weight excluding hydrogens is 240 g/mol. The van der Waals surface area contributed by atoms with Crippen molar-refractivity contribution in [3.8, 4) is 5.75 Å². The Morgan fingerprint density at radius 2 is 2.05 bits per heavy atom. The van der Waals surface area contributed by atoms with Crippen LogP contribution in [0.15, 0.2) is 24.3 Å². The summed E-state index contributed by atoms with van der Waals surface area (Å²) in [6, 6.07) is 7.84. The summed E-state index contributed by atoms with van der Waals surface area (Å²) in [4.78, 5) is 11.9. The number of hydrogen-bond donors (Lipinski definition) is 2. The number of methoxy groups -OCH3 is 1. The van der Waals surface area contributed by atoms with Gasteiger partial charge < -0.3 is 15.8 Å². The molecule has 0 heterocycles. The van der Waals surface area contributed by atoms with Gasteiger partial charge in [0.2, 0.25) is 5.91 Å². The van der Waals surface area contributed by atoms with Gasteiger partial charge in [0.15, 0.2) is 0 Å². The Balaban J connectivity index is 2.76. The zero-order chi connectivity index (χ0) is 14.5. The van der Waals surface area contributed by atoms with Crippen LogP contribution in [0, 0.1) is 5.92 Å². The van der Waals surface area contributed by atoms with Crippen LogP contribution >= 0.6 is 0 Å². The van der Waals surface area contributed by atoms with Crippen molar-refractivity contribution in [1.29, 1.82) is 0 Å². The molecule has 0 fully saturated rings. The van der Waals surface area contributed by atoms with Crippen LogP contribution in [0.5, 0.6) is 5.75 Å². The quantitative estimate of drug-likeness (QED) is 0.822. The van der Waals surface area contributed by atoms with Gasteiger partial charge in [0.25, 0.3) is 0 Å². The van der Waals surface area contributed by atoms with Crippen LogP contribution in [0.3, 0.4) is 0 Å². The van der Waals surface area contributed by atoms with E-state index in [2.05, 4.69) is 5.32 Å². The molecule has 3 N–H and O–H groups in total. The molecule has 0 spiro atoms. The summed E-state index contributed by atoms with van der Waals surface area (Å²) in [6.45, 7) is 6.19. The Hall–Kier alpha value is -1.55. The molecule has 0 bridgehead atoms. The van der Waals surface area contributed by atoms with Crippen molar-refractivity contribution in [2.45, 2.75) is 32.7 Å². The second kappa shape index (κ2) is 6.57. The number of rotatable bonds is 6. The molecule has 0 aliphatic carbocycles. The minimum atomic E-state index is -0.338. The standard InChI is InChI=1S/C15H24N2O2/c1-11(10-16)14(18)17-15(2,3)9-12-7-5-6-8-13(12)19-4/h5-8,11H,9-10,16H2,1-4H3,(H,17,18). The van der Waals surface area contributed by atoms with Gasteiger partial charge in [0.1, 0.15) is 5.75 Å². The lowest BCUT2D eigenvalue weighted by Crippen LogP contribution is -2.48. The van der Waals surface area contributed by atoms with Crippen LogP contribution in [0.1, 0.15) is 26.3 Å². The first-order valence-corrected chi connectivity index (χ1v) is 6.53. The Morgan fingerprint density at radius 1 is 1.42 bits per heavy atom. The highest BCUT2D eigenvalue weighted by Crippen LogP contribution is 2.22. The molecule has 0 aliphatic rings. The van der Waals surface area contributed by atoms with Gasteiger partial charge in [0, 0.05) is 18.0 Å². The van der Waals surface area contributed by atoms with Crippen molar-refractivity contribution in [3.05, 3.63) is 29.8 Å². The molecule has 1 atom stereocenters. The minimum absolute atomic E-state index is 0.0117. The van der Waals surface area contributed by atoms with Gasteiger partial charge in [-0.2, -0.15) is 0 Å². The van der Waals surface area contributed by atoms with Gasteiger partial charge in [-0.1, -0.05) is 25.1 Å². The summed E-state index contributed by atoms with van der Waals surface area (Å²) in [5, 5.41) is 3.03. The van der Waals surface area contributed by atoms with Crippen molar-refractivity contribution in [3.63, 3.8) is 0 Å². The number of hydrogen-bond acceptors (Lipinski definition) is 3. The maximum Gasteiger partial charge on any atom is 0.224 e. The maximum atomic E-state index is 11.9. The number of para-hydroxylation sites is 1. The Labute approximate surface area is 115 Å². The van der Waals surface area contributed by atoms with Crippen LogP contribution in [-0.2, 0) is 11.2 Å². The summed E-state index contributed by atoms with van der Waals surface area (Å²) in [5.74, 6) is 0.663. The number of carbonyl (C=O) groups is 1. The fraction of sp³-hybridized carbons (Fsp3) is 0.533. The molecule has 0 saturated carbocycles. The lowest BCUT2D eigenvalue weighted by Gasteiger charge is -2.28. The van der Waals surface area contributed by atoms with E-state index in [0.717, 1.165) is 11.3 Å². The summed E-state index contributed by atoms with van der Waals surface area (Å²) in [7, 11) is 1.65. The first-order valence-electron chi connectivity index (χ1n) is 6.53. The third kappa shape index (κ3) is 4.56. The van der Waals surface area contributed by atoms with Gasteiger partial charge in [-0.25, -0.2) is 0 Å². The lowest BCUT2D eigenvalue weighted by molar-refractivity contribution is -0.125. The first-order chi connectivity index (χ1) is 8.89. The molecule has 1 aromatic carbocycles. The van der Waals surface area contributed by atoms with Gasteiger partial charge in [-0.15, -0.1) is 0 Å². The van der Waals surface area contributed by atoms with Crippen molar-refractivity contribution in [1.82, 2.24) is 5.32 Å². The third-order valence-corrected chi connectivity index (χ3v) is 3.09. The van der Waals surface area contributed by atoms with Crippen LogP contribution < -0.4 is 15.8 Å². The van der Waals surface area contributed by atoms with E-state index >= 15 is 0 Å². The molecule has 0 aromatic heterocycles. The van der Waals surface area contributed by atoms with Gasteiger partial charge in [-0.05, 0) is 31.9 Å². The number of ether oxygens (including phenoxy) is 1. The number of nitrogens with one attached hydrogen (secondary N) is 1. The molecule has 19 heavy (non-hydrogen) atoms. The van der Waals surface area contributed by atoms with Gasteiger partial charge in [0.05, 0.1) is 7.11 Å². The van der Waals surface area contributed by atoms with Crippen LogP contribution in [0.25, 0.3) is 0 Å². The van der Waals surface area contributed by atoms with E-state index in [0.29, 0.717) is 13.0 Å². The van der Waals surface area contributed by atoms with E-state index < -0.39 is 0 Å². The van der Waals surface area contributed by atoms with E-state index in [4.69, 9.17) is 10.5 Å². The van der Waals surface area contributed by atoms with Gasteiger partial charge >= 0.3 is 0 Å². The predicted octanol–water partition coefficient (Wildman–Crippen LogP) is 1.73. The molecular formula is C15H24N2O2. The fourth-order valence-electron chi connectivity index (χ4n) is 1.93. The summed E-state index contributed by atoms with van der Waals surface area (Å²) in [6.07, 6.45) is 0.708. The van der Waals surface area contributed by atoms with Crippen molar-refractivity contribution < 1.29 is 9.53 Å². The summed E-state index contributed by atoms with van der Waals surface area (Å²) >= 11 is 0. The average Bonchev–Trinajstić information content (AvgIpc) is 2.37. The lowest BCUT2D eigenvalue weighted by atomic mass is 9.93. The Kier molecular flexibility index (Phi) is 5.36. The Morgan fingerprint density at radius 3 is 2.63 bits per heavy atom. The molecule has 1 unspecified atom stereocenters. The SMILES string of the molecule is COc1ccccc1CC(C)(C)NC(=O)C(C)CN. The van der Waals surface area contributed by atoms with Crippen LogP contribution in [-0.4, -0.2) is 25.1 Å². The molecule has 4 heteroatoms. The zero-order valence-corrected chi connectivity index (χ0v) is 12.2. The topological polar surface area (TPSA) is 64.3 Å². The number of amides is 1. The highest BCUT2D eigenvalue weighted by atomic mass is 16.5. The normalized spacial score (nSPS) is 12.9. The minimum Gasteiger partial charge on any atom is -0.496 e. The van der Waals surface area contributed by atoms with E-state index in [1.807, 2.05) is 45.0 Å². The van der Waals surface area contributed by atoms with Crippen molar-refractivity contribution in [2.75, 3.05) is 13.7 Å². The molecule has 4 nitrogen and oxygen atoms in total. The fourth-order valence-corrected chi connectivity index (χ4v) is 1.93. The van der Waals surface area contributed by atoms with Crippen LogP contribution in [0.4, 0.5) is 0 Å². The van der Waals surface area contributed by atoms with Gasteiger partial charge in [-0.3, -0.25) is 4.79 Å².